The van der Waals surface area contributed by atoms with E-state index in [0.717, 1.165) is 5.75 Å². The van der Waals surface area contributed by atoms with Crippen molar-refractivity contribution in [3.8, 4) is 5.75 Å². The third kappa shape index (κ3) is 2.02. The molecule has 1 saturated carbocycles. The molecule has 2 atom stereocenters. The minimum Gasteiger partial charge on any atom is -0.487 e. The SMILES string of the molecule is COC1C(=O)CC1Oc1ccc(C)cc1. The fraction of sp³-hybridized carbons (Fsp3) is 0.417. The van der Waals surface area contributed by atoms with Gasteiger partial charge in [0, 0.05) is 13.5 Å². The van der Waals surface area contributed by atoms with E-state index < -0.39 is 0 Å². The number of carbonyl (C=O) groups excluding carboxylic acids is 1. The van der Waals surface area contributed by atoms with Crippen LogP contribution in [0.15, 0.2) is 24.3 Å². The van der Waals surface area contributed by atoms with E-state index in [1.165, 1.54) is 12.7 Å². The standard InChI is InChI=1S/C12H14O3/c1-8-3-5-9(6-4-8)15-11-7-10(13)12(11)14-2/h3-6,11-12H,7H2,1-2H3. The maximum absolute atomic E-state index is 11.1. The number of ether oxygens (including phenoxy) is 2. The Hall–Kier alpha value is -1.35. The number of methoxy groups -OCH3 is 1. The van der Waals surface area contributed by atoms with Crippen LogP contribution in [-0.4, -0.2) is 25.1 Å². The van der Waals surface area contributed by atoms with Crippen molar-refractivity contribution in [2.75, 3.05) is 7.11 Å². The van der Waals surface area contributed by atoms with Gasteiger partial charge in [-0.15, -0.1) is 0 Å². The summed E-state index contributed by atoms with van der Waals surface area (Å²) in [7, 11) is 1.53. The molecule has 0 aromatic heterocycles. The lowest BCUT2D eigenvalue weighted by Crippen LogP contribution is -2.51. The molecule has 1 aromatic carbocycles. The van der Waals surface area contributed by atoms with Crippen molar-refractivity contribution in [2.24, 2.45) is 0 Å². The normalized spacial score (nSPS) is 24.8. The largest absolute Gasteiger partial charge is 0.487 e. The highest BCUT2D eigenvalue weighted by atomic mass is 16.5. The molecule has 80 valence electrons. The van der Waals surface area contributed by atoms with Gasteiger partial charge >= 0.3 is 0 Å². The molecular weight excluding hydrogens is 192 g/mol. The first-order valence-electron chi connectivity index (χ1n) is 4.99. The Morgan fingerprint density at radius 2 is 1.93 bits per heavy atom. The van der Waals surface area contributed by atoms with E-state index in [-0.39, 0.29) is 18.0 Å². The topological polar surface area (TPSA) is 35.5 Å². The highest BCUT2D eigenvalue weighted by Gasteiger charge is 2.41. The van der Waals surface area contributed by atoms with Gasteiger partial charge in [0.15, 0.2) is 11.9 Å². The Labute approximate surface area is 89.0 Å². The minimum atomic E-state index is -0.383. The summed E-state index contributed by atoms with van der Waals surface area (Å²) in [5.74, 6) is 0.912. The number of hydrogen-bond acceptors (Lipinski definition) is 3. The molecule has 0 bridgehead atoms. The summed E-state index contributed by atoms with van der Waals surface area (Å²) in [5, 5.41) is 0. The molecule has 15 heavy (non-hydrogen) atoms. The van der Waals surface area contributed by atoms with E-state index in [1.807, 2.05) is 31.2 Å². The summed E-state index contributed by atoms with van der Waals surface area (Å²) in [6.07, 6.45) is -0.0525. The van der Waals surface area contributed by atoms with Gasteiger partial charge in [-0.1, -0.05) is 17.7 Å². The zero-order valence-electron chi connectivity index (χ0n) is 8.90. The number of hydrogen-bond donors (Lipinski definition) is 0. The number of benzene rings is 1. The lowest BCUT2D eigenvalue weighted by Gasteiger charge is -2.33. The molecule has 0 amide bonds. The van der Waals surface area contributed by atoms with E-state index in [1.54, 1.807) is 0 Å². The monoisotopic (exact) mass is 206 g/mol. The van der Waals surface area contributed by atoms with Crippen LogP contribution < -0.4 is 4.74 Å². The van der Waals surface area contributed by atoms with Gasteiger partial charge in [0.25, 0.3) is 0 Å². The molecule has 3 nitrogen and oxygen atoms in total. The van der Waals surface area contributed by atoms with E-state index in [0.29, 0.717) is 6.42 Å². The number of aryl methyl sites for hydroxylation is 1. The van der Waals surface area contributed by atoms with Gasteiger partial charge in [0.05, 0.1) is 0 Å². The van der Waals surface area contributed by atoms with Gasteiger partial charge in [0.1, 0.15) is 11.9 Å². The molecule has 1 aliphatic carbocycles. The van der Waals surface area contributed by atoms with Crippen molar-refractivity contribution in [3.63, 3.8) is 0 Å². The molecular formula is C12H14O3. The lowest BCUT2D eigenvalue weighted by molar-refractivity contribution is -0.150. The molecule has 0 saturated heterocycles. The highest BCUT2D eigenvalue weighted by molar-refractivity contribution is 5.90. The van der Waals surface area contributed by atoms with E-state index in [9.17, 15) is 4.79 Å². The number of rotatable bonds is 3. The maximum atomic E-state index is 11.1. The molecule has 2 rings (SSSR count). The third-order valence-electron chi connectivity index (χ3n) is 2.62. The van der Waals surface area contributed by atoms with Crippen LogP contribution in [0.25, 0.3) is 0 Å². The average Bonchev–Trinajstić information content (AvgIpc) is 2.21. The second-order valence-corrected chi connectivity index (χ2v) is 3.80. The van der Waals surface area contributed by atoms with Crippen LogP contribution in [0.1, 0.15) is 12.0 Å². The summed E-state index contributed by atoms with van der Waals surface area (Å²) >= 11 is 0. The van der Waals surface area contributed by atoms with Crippen LogP contribution in [0.4, 0.5) is 0 Å². The predicted octanol–water partition coefficient (Wildman–Crippen LogP) is 1.73. The fourth-order valence-corrected chi connectivity index (χ4v) is 1.65. The Morgan fingerprint density at radius 1 is 1.27 bits per heavy atom. The van der Waals surface area contributed by atoms with Crippen molar-refractivity contribution in [1.29, 1.82) is 0 Å². The minimum absolute atomic E-state index is 0.120. The summed E-state index contributed by atoms with van der Waals surface area (Å²) in [4.78, 5) is 11.1. The predicted molar refractivity (Wildman–Crippen MR) is 56.0 cm³/mol. The number of ketones is 1. The van der Waals surface area contributed by atoms with Gasteiger partial charge in [0.2, 0.25) is 0 Å². The van der Waals surface area contributed by atoms with Gasteiger partial charge < -0.3 is 9.47 Å². The van der Waals surface area contributed by atoms with Crippen molar-refractivity contribution >= 4 is 5.78 Å². The summed E-state index contributed by atoms with van der Waals surface area (Å²) < 4.78 is 10.7. The van der Waals surface area contributed by atoms with Crippen LogP contribution in [0, 0.1) is 6.92 Å². The van der Waals surface area contributed by atoms with Crippen molar-refractivity contribution < 1.29 is 14.3 Å². The van der Waals surface area contributed by atoms with Crippen molar-refractivity contribution in [1.82, 2.24) is 0 Å². The molecule has 3 heteroatoms. The molecule has 0 heterocycles. The number of carbonyl (C=O) groups is 1. The lowest BCUT2D eigenvalue weighted by atomic mass is 9.90. The number of Topliss-reactive ketones (excluding diaryl/α,β-unsaturated/α-hetero) is 1. The average molecular weight is 206 g/mol. The van der Waals surface area contributed by atoms with Crippen molar-refractivity contribution in [2.45, 2.75) is 25.6 Å². The smallest absolute Gasteiger partial charge is 0.169 e. The quantitative estimate of drug-likeness (QED) is 0.755. The van der Waals surface area contributed by atoms with Gasteiger partial charge in [-0.25, -0.2) is 0 Å². The first kappa shape index (κ1) is 10.2. The van der Waals surface area contributed by atoms with Crippen LogP contribution in [0.2, 0.25) is 0 Å². The molecule has 0 spiro atoms. The molecule has 1 aromatic rings. The first-order chi connectivity index (χ1) is 7.20. The second-order valence-electron chi connectivity index (χ2n) is 3.80. The summed E-state index contributed by atoms with van der Waals surface area (Å²) in [6, 6.07) is 7.78. The van der Waals surface area contributed by atoms with Gasteiger partial charge in [-0.2, -0.15) is 0 Å². The van der Waals surface area contributed by atoms with E-state index >= 15 is 0 Å². The third-order valence-corrected chi connectivity index (χ3v) is 2.62. The van der Waals surface area contributed by atoms with Gasteiger partial charge in [-0.05, 0) is 19.1 Å². The Balaban J connectivity index is 1.98. The van der Waals surface area contributed by atoms with E-state index in [2.05, 4.69) is 0 Å². The molecule has 1 fully saturated rings. The van der Waals surface area contributed by atoms with Crippen LogP contribution >= 0.6 is 0 Å². The van der Waals surface area contributed by atoms with E-state index in [4.69, 9.17) is 9.47 Å². The molecule has 2 unspecified atom stereocenters. The zero-order valence-corrected chi connectivity index (χ0v) is 8.90. The Kier molecular flexibility index (Phi) is 2.73. The van der Waals surface area contributed by atoms with Crippen molar-refractivity contribution in [3.05, 3.63) is 29.8 Å². The second kappa shape index (κ2) is 4.03. The van der Waals surface area contributed by atoms with Crippen LogP contribution in [0.3, 0.4) is 0 Å². The maximum Gasteiger partial charge on any atom is 0.169 e. The molecule has 0 radical (unpaired) electrons. The zero-order chi connectivity index (χ0) is 10.8. The fourth-order valence-electron chi connectivity index (χ4n) is 1.65. The highest BCUT2D eigenvalue weighted by Crippen LogP contribution is 2.25. The summed E-state index contributed by atoms with van der Waals surface area (Å²) in [5.41, 5.74) is 1.19. The van der Waals surface area contributed by atoms with Crippen LogP contribution in [0.5, 0.6) is 5.75 Å². The van der Waals surface area contributed by atoms with Gasteiger partial charge in [-0.3, -0.25) is 4.79 Å². The summed E-state index contributed by atoms with van der Waals surface area (Å²) in [6.45, 7) is 2.02. The molecule has 0 aliphatic heterocycles. The molecule has 1 aliphatic rings. The van der Waals surface area contributed by atoms with Crippen LogP contribution in [-0.2, 0) is 9.53 Å². The molecule has 0 N–H and O–H groups in total. The Bertz CT molecular complexity index is 356. The first-order valence-corrected chi connectivity index (χ1v) is 4.99. The Morgan fingerprint density at radius 3 is 2.47 bits per heavy atom.